The number of nitrogens with zero attached hydrogens (tertiary/aromatic N) is 1. The van der Waals surface area contributed by atoms with E-state index in [0.29, 0.717) is 24.5 Å². The number of carbonyl (C=O) groups excluding carboxylic acids is 1. The summed E-state index contributed by atoms with van der Waals surface area (Å²) in [5, 5.41) is 17.0. The number of amides is 1. The lowest BCUT2D eigenvalue weighted by molar-refractivity contribution is -0.384. The molecule has 0 radical (unpaired) electrons. The highest BCUT2D eigenvalue weighted by Gasteiger charge is 2.23. The van der Waals surface area contributed by atoms with Crippen LogP contribution in [0.15, 0.2) is 36.4 Å². The van der Waals surface area contributed by atoms with Crippen molar-refractivity contribution >= 4 is 23.0 Å². The van der Waals surface area contributed by atoms with E-state index >= 15 is 0 Å². The number of carbonyl (C=O) groups is 1. The SMILES string of the molecule is CCOc1cccc(CNc2cc3c(cc2[N+](=O)[O-])OCC(=O)N3)c1. The number of hydrogen-bond acceptors (Lipinski definition) is 6. The van der Waals surface area contributed by atoms with Crippen LogP contribution in [-0.4, -0.2) is 24.0 Å². The van der Waals surface area contributed by atoms with Crippen molar-refractivity contribution in [2.24, 2.45) is 0 Å². The summed E-state index contributed by atoms with van der Waals surface area (Å²) in [7, 11) is 0. The summed E-state index contributed by atoms with van der Waals surface area (Å²) in [5.74, 6) is 0.731. The van der Waals surface area contributed by atoms with E-state index < -0.39 is 4.92 Å². The smallest absolute Gasteiger partial charge is 0.296 e. The summed E-state index contributed by atoms with van der Waals surface area (Å²) in [6.07, 6.45) is 0. The maximum atomic E-state index is 11.4. The second kappa shape index (κ2) is 7.08. The molecule has 2 aromatic carbocycles. The average molecular weight is 343 g/mol. The van der Waals surface area contributed by atoms with Crippen molar-refractivity contribution in [3.8, 4) is 11.5 Å². The quantitative estimate of drug-likeness (QED) is 0.617. The van der Waals surface area contributed by atoms with Gasteiger partial charge in [0.05, 0.1) is 23.3 Å². The first-order valence-corrected chi connectivity index (χ1v) is 7.77. The fourth-order valence-corrected chi connectivity index (χ4v) is 2.52. The third-order valence-corrected chi connectivity index (χ3v) is 3.62. The molecule has 2 N–H and O–H groups in total. The number of anilines is 2. The van der Waals surface area contributed by atoms with Crippen LogP contribution in [0.2, 0.25) is 0 Å². The van der Waals surface area contributed by atoms with Crippen LogP contribution >= 0.6 is 0 Å². The third kappa shape index (κ3) is 3.79. The van der Waals surface area contributed by atoms with Crippen molar-refractivity contribution < 1.29 is 19.2 Å². The van der Waals surface area contributed by atoms with Gasteiger partial charge in [-0.1, -0.05) is 12.1 Å². The summed E-state index contributed by atoms with van der Waals surface area (Å²) < 4.78 is 10.7. The largest absolute Gasteiger partial charge is 0.494 e. The van der Waals surface area contributed by atoms with Crippen molar-refractivity contribution in [3.05, 3.63) is 52.1 Å². The van der Waals surface area contributed by atoms with Gasteiger partial charge in [-0.15, -0.1) is 0 Å². The summed E-state index contributed by atoms with van der Waals surface area (Å²) in [6, 6.07) is 10.3. The van der Waals surface area contributed by atoms with Crippen LogP contribution in [0, 0.1) is 10.1 Å². The number of rotatable bonds is 6. The Balaban J connectivity index is 1.83. The highest BCUT2D eigenvalue weighted by molar-refractivity contribution is 5.96. The van der Waals surface area contributed by atoms with Crippen LogP contribution in [0.3, 0.4) is 0 Å². The number of nitro groups is 1. The molecule has 0 spiro atoms. The van der Waals surface area contributed by atoms with Gasteiger partial charge >= 0.3 is 0 Å². The van der Waals surface area contributed by atoms with E-state index in [4.69, 9.17) is 9.47 Å². The van der Waals surface area contributed by atoms with Gasteiger partial charge in [0.1, 0.15) is 11.4 Å². The molecule has 0 bridgehead atoms. The van der Waals surface area contributed by atoms with E-state index in [-0.39, 0.29) is 24.0 Å². The fourth-order valence-electron chi connectivity index (χ4n) is 2.52. The second-order valence-electron chi connectivity index (χ2n) is 5.39. The second-order valence-corrected chi connectivity index (χ2v) is 5.39. The molecule has 8 nitrogen and oxygen atoms in total. The Labute approximate surface area is 143 Å². The van der Waals surface area contributed by atoms with Crippen LogP contribution in [-0.2, 0) is 11.3 Å². The van der Waals surface area contributed by atoms with Gasteiger partial charge < -0.3 is 20.1 Å². The molecular formula is C17H17N3O5. The zero-order chi connectivity index (χ0) is 17.8. The molecule has 3 rings (SSSR count). The highest BCUT2D eigenvalue weighted by Crippen LogP contribution is 2.38. The van der Waals surface area contributed by atoms with E-state index in [2.05, 4.69) is 10.6 Å². The zero-order valence-electron chi connectivity index (χ0n) is 13.6. The first-order valence-electron chi connectivity index (χ1n) is 7.77. The van der Waals surface area contributed by atoms with E-state index in [1.807, 2.05) is 31.2 Å². The maximum Gasteiger partial charge on any atom is 0.296 e. The number of ether oxygens (including phenoxy) is 2. The average Bonchev–Trinajstić information content (AvgIpc) is 2.59. The number of hydrogen-bond donors (Lipinski definition) is 2. The standard InChI is InChI=1S/C17H17N3O5/c1-2-24-12-5-3-4-11(6-12)9-18-13-7-14-16(8-15(13)20(22)23)25-10-17(21)19-14/h3-8,18H,2,9-10H2,1H3,(H,19,21). The molecule has 1 heterocycles. The summed E-state index contributed by atoms with van der Waals surface area (Å²) in [6.45, 7) is 2.68. The fraction of sp³-hybridized carbons (Fsp3) is 0.235. The molecule has 1 amide bonds. The Morgan fingerprint density at radius 2 is 2.20 bits per heavy atom. The Hall–Kier alpha value is -3.29. The minimum absolute atomic E-state index is 0.115. The van der Waals surface area contributed by atoms with Crippen molar-refractivity contribution in [2.75, 3.05) is 23.8 Å². The Kier molecular flexibility index (Phi) is 4.69. The van der Waals surface area contributed by atoms with Crippen molar-refractivity contribution in [1.82, 2.24) is 0 Å². The van der Waals surface area contributed by atoms with E-state index in [9.17, 15) is 14.9 Å². The van der Waals surface area contributed by atoms with Gasteiger partial charge in [-0.3, -0.25) is 14.9 Å². The first kappa shape index (κ1) is 16.6. The Morgan fingerprint density at radius 1 is 1.36 bits per heavy atom. The molecule has 0 aliphatic carbocycles. The number of nitrogens with one attached hydrogen (secondary N) is 2. The summed E-state index contributed by atoms with van der Waals surface area (Å²) in [4.78, 5) is 22.3. The molecule has 0 saturated carbocycles. The summed E-state index contributed by atoms with van der Waals surface area (Å²) >= 11 is 0. The lowest BCUT2D eigenvalue weighted by atomic mass is 10.1. The first-order chi connectivity index (χ1) is 12.1. The minimum atomic E-state index is -0.487. The molecule has 1 aliphatic heterocycles. The molecule has 8 heteroatoms. The van der Waals surface area contributed by atoms with Gasteiger partial charge in [-0.25, -0.2) is 0 Å². The minimum Gasteiger partial charge on any atom is -0.494 e. The Morgan fingerprint density at radius 3 is 2.96 bits per heavy atom. The van der Waals surface area contributed by atoms with Crippen LogP contribution < -0.4 is 20.1 Å². The molecule has 0 atom stereocenters. The van der Waals surface area contributed by atoms with Gasteiger partial charge in [-0.05, 0) is 30.7 Å². The monoisotopic (exact) mass is 343 g/mol. The topological polar surface area (TPSA) is 103 Å². The van der Waals surface area contributed by atoms with Crippen LogP contribution in [0.1, 0.15) is 12.5 Å². The molecule has 1 aliphatic rings. The van der Waals surface area contributed by atoms with E-state index in [0.717, 1.165) is 11.3 Å². The normalized spacial score (nSPS) is 12.6. The molecule has 25 heavy (non-hydrogen) atoms. The molecule has 130 valence electrons. The zero-order valence-corrected chi connectivity index (χ0v) is 13.6. The number of nitro benzene ring substituents is 1. The van der Waals surface area contributed by atoms with Crippen LogP contribution in [0.4, 0.5) is 17.1 Å². The number of fused-ring (bicyclic) bond motifs is 1. The van der Waals surface area contributed by atoms with Crippen LogP contribution in [0.5, 0.6) is 11.5 Å². The highest BCUT2D eigenvalue weighted by atomic mass is 16.6. The van der Waals surface area contributed by atoms with E-state index in [1.165, 1.54) is 12.1 Å². The van der Waals surface area contributed by atoms with E-state index in [1.54, 1.807) is 0 Å². The molecule has 0 saturated heterocycles. The lowest BCUT2D eigenvalue weighted by Crippen LogP contribution is -2.25. The number of benzene rings is 2. The van der Waals surface area contributed by atoms with Crippen molar-refractivity contribution in [1.29, 1.82) is 0 Å². The van der Waals surface area contributed by atoms with Crippen molar-refractivity contribution in [2.45, 2.75) is 13.5 Å². The summed E-state index contributed by atoms with van der Waals surface area (Å²) in [5.41, 5.74) is 1.51. The van der Waals surface area contributed by atoms with Gasteiger partial charge in [0.25, 0.3) is 11.6 Å². The molecule has 2 aromatic rings. The van der Waals surface area contributed by atoms with Gasteiger partial charge in [-0.2, -0.15) is 0 Å². The predicted molar refractivity (Wildman–Crippen MR) is 92.2 cm³/mol. The lowest BCUT2D eigenvalue weighted by Gasteiger charge is -2.19. The van der Waals surface area contributed by atoms with Gasteiger partial charge in [0.2, 0.25) is 0 Å². The van der Waals surface area contributed by atoms with Crippen LogP contribution in [0.25, 0.3) is 0 Å². The third-order valence-electron chi connectivity index (χ3n) is 3.62. The molecule has 0 unspecified atom stereocenters. The Bertz CT molecular complexity index is 822. The molecule has 0 fully saturated rings. The molecular weight excluding hydrogens is 326 g/mol. The van der Waals surface area contributed by atoms with Gasteiger partial charge in [0, 0.05) is 6.54 Å². The van der Waals surface area contributed by atoms with Crippen molar-refractivity contribution in [3.63, 3.8) is 0 Å². The van der Waals surface area contributed by atoms with Gasteiger partial charge in [0.15, 0.2) is 12.4 Å². The maximum absolute atomic E-state index is 11.4. The predicted octanol–water partition coefficient (Wildman–Crippen LogP) is 2.94. The molecule has 0 aromatic heterocycles.